The molecule has 124 valence electrons. The van der Waals surface area contributed by atoms with Crippen LogP contribution in [0.15, 0.2) is 23.1 Å². The highest BCUT2D eigenvalue weighted by molar-refractivity contribution is 7.89. The first-order valence-electron chi connectivity index (χ1n) is 6.84. The Labute approximate surface area is 136 Å². The molecule has 0 saturated carbocycles. The fourth-order valence-electron chi connectivity index (χ4n) is 2.50. The Morgan fingerprint density at radius 3 is 2.59 bits per heavy atom. The first-order valence-corrected chi connectivity index (χ1v) is 10.5. The Bertz CT molecular complexity index is 762. The van der Waals surface area contributed by atoms with E-state index in [-0.39, 0.29) is 11.4 Å². The van der Waals surface area contributed by atoms with Crippen LogP contribution in [0.4, 0.5) is 0 Å². The Balaban J connectivity index is 2.20. The van der Waals surface area contributed by atoms with Gasteiger partial charge in [-0.2, -0.15) is 0 Å². The van der Waals surface area contributed by atoms with Crippen LogP contribution in [-0.2, 0) is 20.0 Å². The van der Waals surface area contributed by atoms with Crippen molar-refractivity contribution in [1.82, 2.24) is 9.03 Å². The minimum Gasteiger partial charge on any atom is -0.213 e. The minimum atomic E-state index is -3.74. The zero-order chi connectivity index (χ0) is 16.5. The smallest absolute Gasteiger partial charge is 0.213 e. The molecule has 1 aromatic rings. The number of nitrogens with one attached hydrogen (secondary N) is 1. The highest BCUT2D eigenvalue weighted by atomic mass is 35.5. The van der Waals surface area contributed by atoms with Crippen molar-refractivity contribution < 1.29 is 16.8 Å². The Hall–Kier alpha value is -0.670. The summed E-state index contributed by atoms with van der Waals surface area (Å²) in [6, 6.07) is 4.25. The van der Waals surface area contributed by atoms with Gasteiger partial charge in [0.25, 0.3) is 0 Å². The quantitative estimate of drug-likeness (QED) is 0.871. The maximum atomic E-state index is 12.5. The van der Waals surface area contributed by atoms with Gasteiger partial charge in [-0.15, -0.1) is 0 Å². The predicted octanol–water partition coefficient (Wildman–Crippen LogP) is 1.35. The van der Waals surface area contributed by atoms with Crippen LogP contribution < -0.4 is 4.72 Å². The van der Waals surface area contributed by atoms with E-state index in [9.17, 15) is 16.8 Å². The van der Waals surface area contributed by atoms with Gasteiger partial charge < -0.3 is 0 Å². The number of hydrogen-bond donors (Lipinski definition) is 1. The molecule has 1 aromatic carbocycles. The maximum absolute atomic E-state index is 12.5. The lowest BCUT2D eigenvalue weighted by Crippen LogP contribution is -2.49. The van der Waals surface area contributed by atoms with Gasteiger partial charge in [0.15, 0.2) is 0 Å². The lowest BCUT2D eigenvalue weighted by Gasteiger charge is -2.31. The van der Waals surface area contributed by atoms with E-state index in [0.29, 0.717) is 30.0 Å². The van der Waals surface area contributed by atoms with E-state index in [1.165, 1.54) is 10.4 Å². The van der Waals surface area contributed by atoms with Crippen LogP contribution in [-0.4, -0.2) is 46.5 Å². The number of halogens is 1. The van der Waals surface area contributed by atoms with Crippen LogP contribution in [0.3, 0.4) is 0 Å². The van der Waals surface area contributed by atoms with Gasteiger partial charge in [0.2, 0.25) is 20.0 Å². The molecule has 1 saturated heterocycles. The molecule has 22 heavy (non-hydrogen) atoms. The number of sulfonamides is 2. The second-order valence-electron chi connectivity index (χ2n) is 5.44. The molecule has 0 spiro atoms. The summed E-state index contributed by atoms with van der Waals surface area (Å²) in [6.45, 7) is 2.21. The van der Waals surface area contributed by atoms with Crippen molar-refractivity contribution >= 4 is 31.6 Å². The van der Waals surface area contributed by atoms with E-state index in [4.69, 9.17) is 11.6 Å². The van der Waals surface area contributed by atoms with Crippen LogP contribution >= 0.6 is 11.6 Å². The van der Waals surface area contributed by atoms with Crippen molar-refractivity contribution in [2.24, 2.45) is 0 Å². The monoisotopic (exact) mass is 366 g/mol. The highest BCUT2D eigenvalue weighted by Crippen LogP contribution is 2.23. The highest BCUT2D eigenvalue weighted by Gasteiger charge is 2.29. The van der Waals surface area contributed by atoms with Crippen molar-refractivity contribution in [3.05, 3.63) is 28.8 Å². The second kappa shape index (κ2) is 6.45. The Morgan fingerprint density at radius 2 is 1.95 bits per heavy atom. The largest absolute Gasteiger partial charge is 0.241 e. The molecule has 1 atom stereocenters. The van der Waals surface area contributed by atoms with Crippen LogP contribution in [0.1, 0.15) is 18.4 Å². The lowest BCUT2D eigenvalue weighted by molar-refractivity contribution is 0.305. The fraction of sp³-hybridized carbons (Fsp3) is 0.538. The molecule has 0 aliphatic carbocycles. The second-order valence-corrected chi connectivity index (χ2v) is 9.52. The molecule has 1 fully saturated rings. The summed E-state index contributed by atoms with van der Waals surface area (Å²) in [5.74, 6) is 0. The van der Waals surface area contributed by atoms with Gasteiger partial charge in [0.1, 0.15) is 0 Å². The molecule has 1 heterocycles. The van der Waals surface area contributed by atoms with Gasteiger partial charge in [-0.25, -0.2) is 25.9 Å². The van der Waals surface area contributed by atoms with Gasteiger partial charge in [0, 0.05) is 24.2 Å². The summed E-state index contributed by atoms with van der Waals surface area (Å²) >= 11 is 5.97. The first-order chi connectivity index (χ1) is 10.1. The number of hydrogen-bond acceptors (Lipinski definition) is 4. The van der Waals surface area contributed by atoms with Crippen molar-refractivity contribution in [2.45, 2.75) is 30.7 Å². The molecule has 0 radical (unpaired) electrons. The molecular weight excluding hydrogens is 348 g/mol. The summed E-state index contributed by atoms with van der Waals surface area (Å²) in [5, 5.41) is 0.379. The molecule has 1 aliphatic heterocycles. The average Bonchev–Trinajstić information content (AvgIpc) is 2.40. The number of nitrogens with zero attached hydrogens (tertiary/aromatic N) is 1. The molecule has 1 N–H and O–H groups in total. The molecule has 1 unspecified atom stereocenters. The number of benzene rings is 1. The molecular formula is C13H19ClN2O4S2. The molecule has 1 aliphatic rings. The zero-order valence-corrected chi connectivity index (χ0v) is 14.8. The molecule has 0 bridgehead atoms. The van der Waals surface area contributed by atoms with Gasteiger partial charge in [-0.3, -0.25) is 0 Å². The van der Waals surface area contributed by atoms with Crippen LogP contribution in [0, 0.1) is 6.92 Å². The summed E-state index contributed by atoms with van der Waals surface area (Å²) in [5.41, 5.74) is 0.479. The van der Waals surface area contributed by atoms with E-state index < -0.39 is 26.1 Å². The summed E-state index contributed by atoms with van der Waals surface area (Å²) in [7, 11) is -7.05. The topological polar surface area (TPSA) is 83.6 Å². The van der Waals surface area contributed by atoms with Gasteiger partial charge in [-0.05, 0) is 37.5 Å². The van der Waals surface area contributed by atoms with Gasteiger partial charge in [0.05, 0.1) is 11.2 Å². The SMILES string of the molecule is Cc1c(Cl)cccc1S(=O)(=O)NC1CCCN(S(C)(=O)=O)C1. The zero-order valence-electron chi connectivity index (χ0n) is 12.4. The molecule has 0 aromatic heterocycles. The van der Waals surface area contributed by atoms with E-state index in [1.807, 2.05) is 0 Å². The third-order valence-corrected chi connectivity index (χ3v) is 7.03. The van der Waals surface area contributed by atoms with E-state index in [1.54, 1.807) is 19.1 Å². The molecule has 0 amide bonds. The minimum absolute atomic E-state index is 0.122. The van der Waals surface area contributed by atoms with Crippen molar-refractivity contribution in [3.8, 4) is 0 Å². The summed E-state index contributed by atoms with van der Waals surface area (Å²) < 4.78 is 52.1. The number of piperidine rings is 1. The van der Waals surface area contributed by atoms with E-state index in [2.05, 4.69) is 4.72 Å². The third kappa shape index (κ3) is 3.99. The summed E-state index contributed by atoms with van der Waals surface area (Å²) in [4.78, 5) is 0.122. The van der Waals surface area contributed by atoms with Crippen molar-refractivity contribution in [3.63, 3.8) is 0 Å². The van der Waals surface area contributed by atoms with E-state index in [0.717, 1.165) is 6.26 Å². The van der Waals surface area contributed by atoms with E-state index >= 15 is 0 Å². The normalized spacial score (nSPS) is 21.0. The van der Waals surface area contributed by atoms with Crippen molar-refractivity contribution in [2.75, 3.05) is 19.3 Å². The van der Waals surface area contributed by atoms with Crippen LogP contribution in [0.5, 0.6) is 0 Å². The van der Waals surface area contributed by atoms with Gasteiger partial charge in [-0.1, -0.05) is 17.7 Å². The third-order valence-electron chi connectivity index (χ3n) is 3.68. The van der Waals surface area contributed by atoms with Gasteiger partial charge >= 0.3 is 0 Å². The first kappa shape index (κ1) is 17.7. The molecule has 9 heteroatoms. The Kier molecular flexibility index (Phi) is 5.18. The standard InChI is InChI=1S/C13H19ClN2O4S2/c1-10-12(14)6-3-7-13(10)22(19,20)15-11-5-4-8-16(9-11)21(2,17)18/h3,6-7,11,15H,4-5,8-9H2,1-2H3. The molecule has 2 rings (SSSR count). The average molecular weight is 367 g/mol. The maximum Gasteiger partial charge on any atom is 0.241 e. The summed E-state index contributed by atoms with van der Waals surface area (Å²) in [6.07, 6.45) is 2.35. The number of rotatable bonds is 4. The van der Waals surface area contributed by atoms with Crippen molar-refractivity contribution in [1.29, 1.82) is 0 Å². The lowest BCUT2D eigenvalue weighted by atomic mass is 10.1. The van der Waals surface area contributed by atoms with Crippen LogP contribution in [0.25, 0.3) is 0 Å². The molecule has 6 nitrogen and oxygen atoms in total. The van der Waals surface area contributed by atoms with Crippen LogP contribution in [0.2, 0.25) is 5.02 Å². The Morgan fingerprint density at radius 1 is 1.27 bits per heavy atom. The predicted molar refractivity (Wildman–Crippen MR) is 85.9 cm³/mol. The fourth-order valence-corrected chi connectivity index (χ4v) is 5.17.